The fraction of sp³-hybridized carbons (Fsp3) is 0.444. The molecule has 5 heteroatoms. The van der Waals surface area contributed by atoms with E-state index in [0.717, 1.165) is 15.1 Å². The van der Waals surface area contributed by atoms with Gasteiger partial charge in [0.05, 0.1) is 9.89 Å². The standard InChI is InChI=1S/C9H9BrO3S/c10-8-4-3-7(14-8)5-1-2-6(13-5)9(11)12/h3-6H,1-2H2,(H,11,12). The summed E-state index contributed by atoms with van der Waals surface area (Å²) in [4.78, 5) is 11.8. The lowest BCUT2D eigenvalue weighted by Crippen LogP contribution is -2.18. The molecule has 1 aliphatic heterocycles. The van der Waals surface area contributed by atoms with Crippen molar-refractivity contribution in [3.8, 4) is 0 Å². The fourth-order valence-corrected chi connectivity index (χ4v) is 3.02. The first-order chi connectivity index (χ1) is 6.66. The van der Waals surface area contributed by atoms with Gasteiger partial charge < -0.3 is 9.84 Å². The third-order valence-corrected chi connectivity index (χ3v) is 3.92. The molecule has 1 aliphatic rings. The summed E-state index contributed by atoms with van der Waals surface area (Å²) in [7, 11) is 0. The number of hydrogen-bond donors (Lipinski definition) is 1. The van der Waals surface area contributed by atoms with Crippen molar-refractivity contribution >= 4 is 33.2 Å². The number of carbonyl (C=O) groups is 1. The van der Waals surface area contributed by atoms with E-state index in [0.29, 0.717) is 6.42 Å². The van der Waals surface area contributed by atoms with Crippen LogP contribution in [0.4, 0.5) is 0 Å². The summed E-state index contributed by atoms with van der Waals surface area (Å²) in [6.45, 7) is 0. The van der Waals surface area contributed by atoms with Gasteiger partial charge in [0.15, 0.2) is 6.10 Å². The van der Waals surface area contributed by atoms with Crippen LogP contribution >= 0.6 is 27.3 Å². The van der Waals surface area contributed by atoms with Gasteiger partial charge in [-0.25, -0.2) is 4.79 Å². The van der Waals surface area contributed by atoms with E-state index in [-0.39, 0.29) is 6.10 Å². The molecule has 14 heavy (non-hydrogen) atoms. The second-order valence-electron chi connectivity index (χ2n) is 3.17. The molecule has 1 aromatic heterocycles. The Labute approximate surface area is 93.8 Å². The van der Waals surface area contributed by atoms with E-state index >= 15 is 0 Å². The number of ether oxygens (including phenoxy) is 1. The summed E-state index contributed by atoms with van der Waals surface area (Å²) in [6, 6.07) is 3.93. The zero-order valence-corrected chi connectivity index (χ0v) is 9.68. The Bertz CT molecular complexity index is 350. The van der Waals surface area contributed by atoms with Gasteiger partial charge in [-0.05, 0) is 40.9 Å². The van der Waals surface area contributed by atoms with Gasteiger partial charge in [-0.15, -0.1) is 11.3 Å². The molecule has 1 aromatic rings. The van der Waals surface area contributed by atoms with E-state index in [4.69, 9.17) is 9.84 Å². The monoisotopic (exact) mass is 276 g/mol. The van der Waals surface area contributed by atoms with E-state index in [1.54, 1.807) is 11.3 Å². The first-order valence-electron chi connectivity index (χ1n) is 4.30. The molecule has 0 spiro atoms. The normalized spacial score (nSPS) is 26.6. The zero-order chi connectivity index (χ0) is 10.1. The molecule has 76 valence electrons. The minimum absolute atomic E-state index is 0.0348. The molecule has 0 saturated carbocycles. The predicted molar refractivity (Wildman–Crippen MR) is 56.5 cm³/mol. The third-order valence-electron chi connectivity index (χ3n) is 2.21. The van der Waals surface area contributed by atoms with Gasteiger partial charge in [-0.3, -0.25) is 0 Å². The molecule has 1 fully saturated rings. The quantitative estimate of drug-likeness (QED) is 0.904. The maximum atomic E-state index is 10.7. The predicted octanol–water partition coefficient (Wildman–Crippen LogP) is 2.82. The summed E-state index contributed by atoms with van der Waals surface area (Å²) in [6.07, 6.45) is 0.743. The van der Waals surface area contributed by atoms with Crippen molar-refractivity contribution in [3.63, 3.8) is 0 Å². The van der Waals surface area contributed by atoms with Crippen molar-refractivity contribution in [1.82, 2.24) is 0 Å². The Kier molecular flexibility index (Phi) is 2.90. The molecule has 0 aliphatic carbocycles. The molecule has 1 N–H and O–H groups in total. The number of hydrogen-bond acceptors (Lipinski definition) is 3. The summed E-state index contributed by atoms with van der Waals surface area (Å²) < 4.78 is 6.46. The largest absolute Gasteiger partial charge is 0.479 e. The van der Waals surface area contributed by atoms with Crippen LogP contribution in [-0.2, 0) is 9.53 Å². The Hall–Kier alpha value is -0.390. The molecule has 2 rings (SSSR count). The Morgan fingerprint density at radius 3 is 2.86 bits per heavy atom. The van der Waals surface area contributed by atoms with Crippen LogP contribution in [0.15, 0.2) is 15.9 Å². The van der Waals surface area contributed by atoms with Gasteiger partial charge in [-0.2, -0.15) is 0 Å². The second-order valence-corrected chi connectivity index (χ2v) is 5.67. The number of carboxylic acid groups (broad SMARTS) is 1. The topological polar surface area (TPSA) is 46.5 Å². The van der Waals surface area contributed by atoms with Crippen molar-refractivity contribution in [3.05, 3.63) is 20.8 Å². The summed E-state index contributed by atoms with van der Waals surface area (Å²) in [5.74, 6) is -0.858. The summed E-state index contributed by atoms with van der Waals surface area (Å²) in [5.41, 5.74) is 0. The lowest BCUT2D eigenvalue weighted by atomic mass is 10.2. The Balaban J connectivity index is 2.05. The molecule has 2 unspecified atom stereocenters. The highest BCUT2D eigenvalue weighted by molar-refractivity contribution is 9.11. The second kappa shape index (κ2) is 4.00. The summed E-state index contributed by atoms with van der Waals surface area (Å²) in [5, 5.41) is 8.75. The highest BCUT2D eigenvalue weighted by Crippen LogP contribution is 2.37. The van der Waals surface area contributed by atoms with Crippen LogP contribution in [0.2, 0.25) is 0 Å². The van der Waals surface area contributed by atoms with Gasteiger partial charge in [-0.1, -0.05) is 0 Å². The smallest absolute Gasteiger partial charge is 0.332 e. The maximum Gasteiger partial charge on any atom is 0.332 e. The van der Waals surface area contributed by atoms with Crippen LogP contribution in [-0.4, -0.2) is 17.2 Å². The van der Waals surface area contributed by atoms with Crippen LogP contribution in [0.5, 0.6) is 0 Å². The first-order valence-corrected chi connectivity index (χ1v) is 5.91. The van der Waals surface area contributed by atoms with Crippen molar-refractivity contribution in [2.24, 2.45) is 0 Å². The number of aliphatic carboxylic acids is 1. The molecule has 0 radical (unpaired) electrons. The van der Waals surface area contributed by atoms with Gasteiger partial charge in [0, 0.05) is 4.88 Å². The van der Waals surface area contributed by atoms with Crippen LogP contribution in [0.25, 0.3) is 0 Å². The van der Waals surface area contributed by atoms with Crippen molar-refractivity contribution in [2.45, 2.75) is 25.0 Å². The lowest BCUT2D eigenvalue weighted by Gasteiger charge is -2.08. The van der Waals surface area contributed by atoms with Crippen LogP contribution in [0.1, 0.15) is 23.8 Å². The molecule has 2 atom stereocenters. The average molecular weight is 277 g/mol. The molecule has 0 amide bonds. The van der Waals surface area contributed by atoms with Crippen molar-refractivity contribution in [1.29, 1.82) is 0 Å². The van der Waals surface area contributed by atoms with Crippen LogP contribution in [0, 0.1) is 0 Å². The fourth-order valence-electron chi connectivity index (χ4n) is 1.53. The zero-order valence-electron chi connectivity index (χ0n) is 7.27. The van der Waals surface area contributed by atoms with E-state index in [2.05, 4.69) is 15.9 Å². The van der Waals surface area contributed by atoms with Crippen molar-refractivity contribution in [2.75, 3.05) is 0 Å². The third kappa shape index (κ3) is 1.99. The molecule has 0 bridgehead atoms. The Morgan fingerprint density at radius 2 is 2.36 bits per heavy atom. The van der Waals surface area contributed by atoms with E-state index in [1.165, 1.54) is 0 Å². The first kappa shape index (κ1) is 10.1. The van der Waals surface area contributed by atoms with E-state index in [9.17, 15) is 4.79 Å². The van der Waals surface area contributed by atoms with E-state index < -0.39 is 12.1 Å². The average Bonchev–Trinajstić information content (AvgIpc) is 2.70. The van der Waals surface area contributed by atoms with Gasteiger partial charge in [0.2, 0.25) is 0 Å². The maximum absolute atomic E-state index is 10.7. The van der Waals surface area contributed by atoms with Crippen LogP contribution in [0.3, 0.4) is 0 Å². The minimum Gasteiger partial charge on any atom is -0.479 e. The lowest BCUT2D eigenvalue weighted by molar-refractivity contribution is -0.149. The molecular formula is C9H9BrO3S. The van der Waals surface area contributed by atoms with Crippen LogP contribution < -0.4 is 0 Å². The molecular weight excluding hydrogens is 268 g/mol. The Morgan fingerprint density at radius 1 is 1.57 bits per heavy atom. The van der Waals surface area contributed by atoms with Gasteiger partial charge >= 0.3 is 5.97 Å². The molecule has 3 nitrogen and oxygen atoms in total. The number of thiophene rings is 1. The highest BCUT2D eigenvalue weighted by Gasteiger charge is 2.31. The van der Waals surface area contributed by atoms with Crippen molar-refractivity contribution < 1.29 is 14.6 Å². The number of rotatable bonds is 2. The summed E-state index contributed by atoms with van der Waals surface area (Å²) >= 11 is 4.97. The molecule has 1 saturated heterocycles. The SMILES string of the molecule is O=C(O)C1CCC(c2ccc(Br)s2)O1. The molecule has 0 aromatic carbocycles. The number of halogens is 1. The van der Waals surface area contributed by atoms with E-state index in [1.807, 2.05) is 12.1 Å². The highest BCUT2D eigenvalue weighted by atomic mass is 79.9. The molecule has 2 heterocycles. The minimum atomic E-state index is -0.858. The van der Waals surface area contributed by atoms with Gasteiger partial charge in [0.25, 0.3) is 0 Å². The van der Waals surface area contributed by atoms with Gasteiger partial charge in [0.1, 0.15) is 0 Å². The number of carboxylic acids is 1.